The molecule has 4 heteroatoms. The third-order valence-corrected chi connectivity index (χ3v) is 7.24. The third kappa shape index (κ3) is 2.93. The summed E-state index contributed by atoms with van der Waals surface area (Å²) in [5.74, 6) is 0. The van der Waals surface area contributed by atoms with E-state index in [2.05, 4.69) is 110 Å². The lowest BCUT2D eigenvalue weighted by atomic mass is 10.0. The molecule has 0 aliphatic rings. The minimum atomic E-state index is 0.931. The van der Waals surface area contributed by atoms with Gasteiger partial charge in [0, 0.05) is 45.1 Å². The fourth-order valence-corrected chi connectivity index (χ4v) is 5.36. The Morgan fingerprint density at radius 3 is 1.74 bits per heavy atom. The van der Waals surface area contributed by atoms with E-state index >= 15 is 0 Å². The largest absolute Gasteiger partial charge is 0.360 e. The van der Waals surface area contributed by atoms with Gasteiger partial charge in [-0.05, 0) is 55.7 Å². The predicted octanol–water partition coefficient (Wildman–Crippen LogP) is 8.00. The summed E-state index contributed by atoms with van der Waals surface area (Å²) in [5, 5.41) is 4.70. The molecule has 4 heterocycles. The van der Waals surface area contributed by atoms with Crippen molar-refractivity contribution in [2.24, 2.45) is 0 Å². The van der Waals surface area contributed by atoms with Crippen LogP contribution >= 0.6 is 0 Å². The van der Waals surface area contributed by atoms with Crippen LogP contribution in [0.25, 0.3) is 66.1 Å². The van der Waals surface area contributed by atoms with E-state index in [4.69, 9.17) is 9.97 Å². The first-order valence-corrected chi connectivity index (χ1v) is 11.9. The number of aromatic nitrogens is 4. The normalized spacial score (nSPS) is 11.9. The summed E-state index contributed by atoms with van der Waals surface area (Å²) in [7, 11) is 0. The molecule has 0 unspecified atom stereocenters. The molecular formula is C31H24N4. The topological polar surface area (TPSA) is 57.4 Å². The summed E-state index contributed by atoms with van der Waals surface area (Å²) in [6.45, 7) is 6.41. The Bertz CT molecular complexity index is 1940. The smallest absolute Gasteiger partial charge is 0.0975 e. The molecule has 2 N–H and O–H groups in total. The number of aryl methyl sites for hydroxylation is 3. The number of fused-ring (bicyclic) bond motifs is 5. The number of para-hydroxylation sites is 2. The van der Waals surface area contributed by atoms with Gasteiger partial charge in [0.1, 0.15) is 0 Å². The molecule has 0 atom stereocenters. The number of H-pyrrole nitrogens is 2. The molecule has 7 aromatic rings. The average Bonchev–Trinajstić information content (AvgIpc) is 3.46. The van der Waals surface area contributed by atoms with Gasteiger partial charge < -0.3 is 9.97 Å². The van der Waals surface area contributed by atoms with Crippen molar-refractivity contribution in [3.05, 3.63) is 95.8 Å². The van der Waals surface area contributed by atoms with E-state index in [0.717, 1.165) is 55.4 Å². The van der Waals surface area contributed by atoms with Crippen LogP contribution in [0.2, 0.25) is 0 Å². The van der Waals surface area contributed by atoms with Crippen molar-refractivity contribution in [1.29, 1.82) is 0 Å². The number of nitrogens with zero attached hydrogens (tertiary/aromatic N) is 2. The summed E-state index contributed by atoms with van der Waals surface area (Å²) in [4.78, 5) is 17.3. The van der Waals surface area contributed by atoms with Crippen molar-refractivity contribution in [1.82, 2.24) is 19.9 Å². The Morgan fingerprint density at radius 2 is 1.11 bits per heavy atom. The highest BCUT2D eigenvalue weighted by molar-refractivity contribution is 6.07. The molecule has 3 aromatic carbocycles. The highest BCUT2D eigenvalue weighted by Gasteiger charge is 2.14. The van der Waals surface area contributed by atoms with E-state index in [-0.39, 0.29) is 0 Å². The Kier molecular flexibility index (Phi) is 4.15. The van der Waals surface area contributed by atoms with Gasteiger partial charge in [0.25, 0.3) is 0 Å². The second kappa shape index (κ2) is 7.28. The van der Waals surface area contributed by atoms with Crippen molar-refractivity contribution >= 4 is 43.6 Å². The SMILES string of the molecule is Cc1c[nH]c2c(-c3ccc4cc(C)c5ccc(-c6cccc7c(C)c[nH]c67)nc5c4n3)cccc12. The molecule has 35 heavy (non-hydrogen) atoms. The lowest BCUT2D eigenvalue weighted by molar-refractivity contribution is 1.35. The monoisotopic (exact) mass is 452 g/mol. The molecule has 0 saturated carbocycles. The molecule has 4 aromatic heterocycles. The van der Waals surface area contributed by atoms with Gasteiger partial charge in [-0.2, -0.15) is 0 Å². The number of pyridine rings is 2. The van der Waals surface area contributed by atoms with Gasteiger partial charge in [0.15, 0.2) is 0 Å². The van der Waals surface area contributed by atoms with E-state index in [9.17, 15) is 0 Å². The Morgan fingerprint density at radius 1 is 0.543 bits per heavy atom. The van der Waals surface area contributed by atoms with Gasteiger partial charge >= 0.3 is 0 Å². The fourth-order valence-electron chi connectivity index (χ4n) is 5.36. The highest BCUT2D eigenvalue weighted by Crippen LogP contribution is 2.34. The molecule has 0 spiro atoms. The van der Waals surface area contributed by atoms with Crippen molar-refractivity contribution in [2.45, 2.75) is 20.8 Å². The second-order valence-corrected chi connectivity index (χ2v) is 9.45. The quantitative estimate of drug-likeness (QED) is 0.261. The van der Waals surface area contributed by atoms with Crippen molar-refractivity contribution in [3.8, 4) is 22.5 Å². The number of hydrogen-bond acceptors (Lipinski definition) is 2. The number of nitrogens with one attached hydrogen (secondary N) is 2. The number of benzene rings is 3. The zero-order chi connectivity index (χ0) is 23.7. The van der Waals surface area contributed by atoms with Gasteiger partial charge in [0.2, 0.25) is 0 Å². The van der Waals surface area contributed by atoms with Crippen molar-refractivity contribution in [3.63, 3.8) is 0 Å². The maximum Gasteiger partial charge on any atom is 0.0975 e. The summed E-state index contributed by atoms with van der Waals surface area (Å²) in [5.41, 5.74) is 11.9. The van der Waals surface area contributed by atoms with E-state index in [0.29, 0.717) is 0 Å². The predicted molar refractivity (Wildman–Crippen MR) is 146 cm³/mol. The fraction of sp³-hybridized carbons (Fsp3) is 0.0968. The standard InChI is InChI=1S/C31H24N4/c1-17-14-20-10-12-26(24-8-4-6-21-18(2)15-32-29(21)24)34-28(20)31-23(17)11-13-27(35-31)25-9-5-7-22-19(3)16-33-30(22)25/h4-16,32-33H,1-3H3. The summed E-state index contributed by atoms with van der Waals surface area (Å²) < 4.78 is 0. The molecule has 7 rings (SSSR count). The molecule has 0 fully saturated rings. The highest BCUT2D eigenvalue weighted by atomic mass is 14.8. The molecule has 0 bridgehead atoms. The Balaban J connectivity index is 1.50. The maximum absolute atomic E-state index is 5.20. The van der Waals surface area contributed by atoms with Gasteiger partial charge in [-0.1, -0.05) is 48.5 Å². The minimum absolute atomic E-state index is 0.931. The van der Waals surface area contributed by atoms with Crippen molar-refractivity contribution < 1.29 is 0 Å². The molecule has 168 valence electrons. The molecule has 0 saturated heterocycles. The van der Waals surface area contributed by atoms with Crippen LogP contribution in [0.1, 0.15) is 16.7 Å². The van der Waals surface area contributed by atoms with E-state index < -0.39 is 0 Å². The van der Waals surface area contributed by atoms with Gasteiger partial charge in [0.05, 0.1) is 33.5 Å². The molecule has 0 amide bonds. The van der Waals surface area contributed by atoms with E-state index in [1.54, 1.807) is 0 Å². The van der Waals surface area contributed by atoms with E-state index in [1.165, 1.54) is 27.5 Å². The van der Waals surface area contributed by atoms with Crippen LogP contribution in [0.15, 0.2) is 79.1 Å². The minimum Gasteiger partial charge on any atom is -0.360 e. The molecular weight excluding hydrogens is 428 g/mol. The summed E-state index contributed by atoms with van der Waals surface area (Å²) >= 11 is 0. The Labute approximate surface area is 202 Å². The van der Waals surface area contributed by atoms with Crippen LogP contribution in [0.4, 0.5) is 0 Å². The second-order valence-electron chi connectivity index (χ2n) is 9.45. The first-order valence-electron chi connectivity index (χ1n) is 11.9. The average molecular weight is 453 g/mol. The molecule has 0 aliphatic heterocycles. The summed E-state index contributed by atoms with van der Waals surface area (Å²) in [6.07, 6.45) is 4.12. The molecule has 4 nitrogen and oxygen atoms in total. The van der Waals surface area contributed by atoms with Crippen LogP contribution in [-0.2, 0) is 0 Å². The van der Waals surface area contributed by atoms with Crippen LogP contribution in [0.3, 0.4) is 0 Å². The molecule has 0 aliphatic carbocycles. The lowest BCUT2D eigenvalue weighted by Gasteiger charge is -2.11. The summed E-state index contributed by atoms with van der Waals surface area (Å²) in [6, 6.07) is 23.6. The zero-order valence-electron chi connectivity index (χ0n) is 19.9. The zero-order valence-corrected chi connectivity index (χ0v) is 19.9. The number of aromatic amines is 2. The van der Waals surface area contributed by atoms with Crippen molar-refractivity contribution in [2.75, 3.05) is 0 Å². The van der Waals surface area contributed by atoms with Crippen LogP contribution in [0, 0.1) is 20.8 Å². The number of rotatable bonds is 2. The van der Waals surface area contributed by atoms with Gasteiger partial charge in [-0.25, -0.2) is 9.97 Å². The first-order chi connectivity index (χ1) is 17.1. The van der Waals surface area contributed by atoms with Crippen LogP contribution in [0.5, 0.6) is 0 Å². The van der Waals surface area contributed by atoms with Crippen LogP contribution < -0.4 is 0 Å². The molecule has 0 radical (unpaired) electrons. The lowest BCUT2D eigenvalue weighted by Crippen LogP contribution is -1.93. The third-order valence-electron chi connectivity index (χ3n) is 7.24. The number of hydrogen-bond donors (Lipinski definition) is 2. The van der Waals surface area contributed by atoms with E-state index in [1.807, 2.05) is 0 Å². The van der Waals surface area contributed by atoms with Crippen LogP contribution in [-0.4, -0.2) is 19.9 Å². The van der Waals surface area contributed by atoms with Gasteiger partial charge in [-0.3, -0.25) is 0 Å². The Hall–Kier alpha value is -4.44. The van der Waals surface area contributed by atoms with Gasteiger partial charge in [-0.15, -0.1) is 0 Å². The maximum atomic E-state index is 5.20. The first kappa shape index (κ1) is 20.0.